The van der Waals surface area contributed by atoms with E-state index in [-0.39, 0.29) is 27.8 Å². The van der Waals surface area contributed by atoms with Crippen LogP contribution < -0.4 is 16.0 Å². The smallest absolute Gasteiger partial charge is 0.237 e. The number of carbonyl (C=O) groups excluding carboxylic acids is 2. The Labute approximate surface area is 245 Å². The maximum absolute atomic E-state index is 15.8. The molecule has 0 aliphatic carbocycles. The fraction of sp³-hybridized carbons (Fsp3) is 0.533. The van der Waals surface area contributed by atoms with E-state index < -0.39 is 29.2 Å². The van der Waals surface area contributed by atoms with Crippen molar-refractivity contribution < 1.29 is 14.0 Å². The van der Waals surface area contributed by atoms with Crippen LogP contribution in [-0.4, -0.2) is 80.0 Å². The van der Waals surface area contributed by atoms with Crippen LogP contribution >= 0.6 is 23.2 Å². The van der Waals surface area contributed by atoms with Crippen molar-refractivity contribution in [3.8, 4) is 0 Å². The molecule has 0 aromatic heterocycles. The number of hydrogen-bond donors (Lipinski definition) is 3. The number of rotatable bonds is 6. The first-order valence-corrected chi connectivity index (χ1v) is 14.7. The largest absolute Gasteiger partial charge is 0.353 e. The molecule has 2 fully saturated rings. The molecule has 10 heteroatoms. The molecule has 2 saturated heterocycles. The van der Waals surface area contributed by atoms with Gasteiger partial charge in [0.1, 0.15) is 11.2 Å². The van der Waals surface area contributed by atoms with Crippen molar-refractivity contribution in [3.05, 3.63) is 63.4 Å². The van der Waals surface area contributed by atoms with Gasteiger partial charge in [0, 0.05) is 61.9 Å². The zero-order valence-corrected chi connectivity index (χ0v) is 25.0. The lowest BCUT2D eigenvalue weighted by Crippen LogP contribution is -2.50. The molecule has 7 nitrogen and oxygen atoms in total. The van der Waals surface area contributed by atoms with E-state index >= 15 is 4.39 Å². The predicted molar refractivity (Wildman–Crippen MR) is 158 cm³/mol. The molecule has 5 rings (SSSR count). The molecule has 2 aromatic rings. The normalized spacial score (nSPS) is 27.2. The lowest BCUT2D eigenvalue weighted by molar-refractivity contribution is -0.124. The predicted octanol–water partition coefficient (Wildman–Crippen LogP) is 4.25. The first kappa shape index (κ1) is 29.3. The highest BCUT2D eigenvalue weighted by molar-refractivity contribution is 6.31. The van der Waals surface area contributed by atoms with Crippen molar-refractivity contribution >= 4 is 40.7 Å². The van der Waals surface area contributed by atoms with Crippen molar-refractivity contribution in [3.63, 3.8) is 0 Å². The fourth-order valence-corrected chi connectivity index (χ4v) is 7.02. The van der Waals surface area contributed by atoms with Crippen molar-refractivity contribution in [2.75, 3.05) is 51.6 Å². The summed E-state index contributed by atoms with van der Waals surface area (Å²) in [7, 11) is 2.11. The van der Waals surface area contributed by atoms with Crippen LogP contribution in [0.15, 0.2) is 36.4 Å². The Hall–Kier alpha value is -2.23. The molecule has 40 heavy (non-hydrogen) atoms. The zero-order chi connectivity index (χ0) is 28.8. The van der Waals surface area contributed by atoms with Gasteiger partial charge in [-0.25, -0.2) is 4.39 Å². The van der Waals surface area contributed by atoms with Crippen LogP contribution in [0.1, 0.15) is 44.2 Å². The molecule has 2 amide bonds. The van der Waals surface area contributed by atoms with Crippen LogP contribution in [0.4, 0.5) is 10.1 Å². The molecule has 3 aliphatic heterocycles. The molecular weight excluding hydrogens is 552 g/mol. The highest BCUT2D eigenvalue weighted by Gasteiger charge is 2.66. The molecule has 216 valence electrons. The van der Waals surface area contributed by atoms with Crippen LogP contribution in [0.25, 0.3) is 0 Å². The van der Waals surface area contributed by atoms with Crippen molar-refractivity contribution in [1.82, 2.24) is 20.4 Å². The number of hydrogen-bond acceptors (Lipinski definition) is 5. The summed E-state index contributed by atoms with van der Waals surface area (Å²) in [5.41, 5.74) is 0.0961. The maximum Gasteiger partial charge on any atom is 0.237 e. The van der Waals surface area contributed by atoms with Gasteiger partial charge < -0.3 is 20.9 Å². The van der Waals surface area contributed by atoms with Crippen LogP contribution in [0, 0.1) is 11.2 Å². The summed E-state index contributed by atoms with van der Waals surface area (Å²) in [4.78, 5) is 32.7. The van der Waals surface area contributed by atoms with Crippen molar-refractivity contribution in [2.24, 2.45) is 5.41 Å². The van der Waals surface area contributed by atoms with Gasteiger partial charge >= 0.3 is 0 Å². The van der Waals surface area contributed by atoms with Gasteiger partial charge in [-0.05, 0) is 48.2 Å². The van der Waals surface area contributed by atoms with Gasteiger partial charge in [0.15, 0.2) is 0 Å². The Morgan fingerprint density at radius 3 is 2.58 bits per heavy atom. The van der Waals surface area contributed by atoms with E-state index in [9.17, 15) is 9.59 Å². The summed E-state index contributed by atoms with van der Waals surface area (Å²) in [6.45, 7) is 11.3. The van der Waals surface area contributed by atoms with E-state index in [0.717, 1.165) is 32.7 Å². The van der Waals surface area contributed by atoms with Gasteiger partial charge in [-0.15, -0.1) is 0 Å². The van der Waals surface area contributed by atoms with E-state index in [1.807, 2.05) is 6.07 Å². The van der Waals surface area contributed by atoms with E-state index in [4.69, 9.17) is 23.2 Å². The third-order valence-electron chi connectivity index (χ3n) is 8.54. The molecule has 3 aliphatic rings. The lowest BCUT2D eigenvalue weighted by atomic mass is 9.62. The minimum Gasteiger partial charge on any atom is -0.353 e. The molecule has 3 heterocycles. The van der Waals surface area contributed by atoms with Crippen LogP contribution in [0.2, 0.25) is 10.0 Å². The Bertz CT molecular complexity index is 1290. The molecule has 3 N–H and O–H groups in total. The number of nitrogens with one attached hydrogen (secondary N) is 3. The third-order valence-corrected chi connectivity index (χ3v) is 9.07. The number of amides is 2. The number of nitrogens with zero attached hydrogens (tertiary/aromatic N) is 2. The summed E-state index contributed by atoms with van der Waals surface area (Å²) in [5, 5.41) is 10.1. The Morgan fingerprint density at radius 1 is 1.15 bits per heavy atom. The quantitative estimate of drug-likeness (QED) is 0.470. The Kier molecular flexibility index (Phi) is 8.21. The van der Waals surface area contributed by atoms with E-state index in [1.54, 1.807) is 24.3 Å². The van der Waals surface area contributed by atoms with Crippen molar-refractivity contribution in [1.29, 1.82) is 0 Å². The number of fused-ring (bicyclic) bond motifs is 2. The first-order chi connectivity index (χ1) is 18.9. The Balaban J connectivity index is 1.56. The third kappa shape index (κ3) is 5.37. The Morgan fingerprint density at radius 2 is 1.88 bits per heavy atom. The van der Waals surface area contributed by atoms with E-state index in [0.29, 0.717) is 29.2 Å². The lowest BCUT2D eigenvalue weighted by Gasteiger charge is -2.37. The van der Waals surface area contributed by atoms with Crippen LogP contribution in [0.5, 0.6) is 0 Å². The van der Waals surface area contributed by atoms with Gasteiger partial charge in [-0.2, -0.15) is 0 Å². The summed E-state index contributed by atoms with van der Waals surface area (Å²) >= 11 is 12.6. The second kappa shape index (κ2) is 11.2. The molecule has 0 radical (unpaired) electrons. The van der Waals surface area contributed by atoms with Crippen LogP contribution in [-0.2, 0) is 15.0 Å². The number of halogens is 3. The van der Waals surface area contributed by atoms with Gasteiger partial charge in [0.25, 0.3) is 0 Å². The maximum atomic E-state index is 15.8. The number of carbonyl (C=O) groups is 2. The van der Waals surface area contributed by atoms with Crippen LogP contribution in [0.3, 0.4) is 0 Å². The first-order valence-electron chi connectivity index (χ1n) is 13.9. The summed E-state index contributed by atoms with van der Waals surface area (Å²) in [5.74, 6) is -1.99. The molecule has 4 atom stereocenters. The fourth-order valence-electron chi connectivity index (χ4n) is 6.67. The highest BCUT2D eigenvalue weighted by Crippen LogP contribution is 2.57. The van der Waals surface area contributed by atoms with Gasteiger partial charge in [-0.1, -0.05) is 62.2 Å². The topological polar surface area (TPSA) is 76.7 Å². The van der Waals surface area contributed by atoms with Gasteiger partial charge in [0.2, 0.25) is 11.8 Å². The monoisotopic (exact) mass is 589 g/mol. The SMILES string of the molecule is CN1CCN(CCNC(=O)[C@@H]2N[C@H](CC(C)(C)C)C3(C(=O)Nc4cc(Cl)ccc43)[C@H]2c2cccc(Cl)c2F)CC1. The van der Waals surface area contributed by atoms with Gasteiger partial charge in [-0.3, -0.25) is 14.5 Å². The summed E-state index contributed by atoms with van der Waals surface area (Å²) < 4.78 is 15.8. The minimum absolute atomic E-state index is 0.0455. The van der Waals surface area contributed by atoms with Crippen molar-refractivity contribution in [2.45, 2.75) is 50.6 Å². The molecule has 0 bridgehead atoms. The molecule has 2 aromatic carbocycles. The summed E-state index contributed by atoms with van der Waals surface area (Å²) in [6.07, 6.45) is 0.576. The van der Waals surface area contributed by atoms with E-state index in [2.05, 4.69) is 53.6 Å². The number of anilines is 1. The number of piperazine rings is 1. The van der Waals surface area contributed by atoms with E-state index in [1.165, 1.54) is 6.07 Å². The molecule has 1 unspecified atom stereocenters. The standard InChI is InChI=1S/C30H38Cl2FN5O2/c1-29(2,3)17-23-30(20-9-8-18(31)16-22(20)35-28(30)40)24(19-6-5-7-21(32)25(19)33)26(36-23)27(39)34-10-11-38-14-12-37(4)13-15-38/h5-9,16,23-24,26,36H,10-15,17H2,1-4H3,(H,34,39)(H,35,40)/t23-,24+,26-,30?/m1/s1. The molecular formula is C30H38Cl2FN5O2. The second-order valence-corrected chi connectivity index (χ2v) is 13.4. The second-order valence-electron chi connectivity index (χ2n) is 12.5. The minimum atomic E-state index is -1.25. The molecule has 0 saturated carbocycles. The van der Waals surface area contributed by atoms with Gasteiger partial charge in [0.05, 0.1) is 11.1 Å². The molecule has 1 spiro atoms. The highest BCUT2D eigenvalue weighted by atomic mass is 35.5. The average Bonchev–Trinajstić information content (AvgIpc) is 3.35. The number of benzene rings is 2. The average molecular weight is 591 g/mol. The zero-order valence-electron chi connectivity index (χ0n) is 23.5. The summed E-state index contributed by atoms with van der Waals surface area (Å²) in [6, 6.07) is 8.76. The number of likely N-dealkylation sites (N-methyl/N-ethyl adjacent to an activating group) is 1.